The van der Waals surface area contributed by atoms with Crippen LogP contribution in [0.25, 0.3) is 0 Å². The average Bonchev–Trinajstić information content (AvgIpc) is 1.64. The topological polar surface area (TPSA) is 20.2 Å². The van der Waals surface area contributed by atoms with Crippen molar-refractivity contribution in [2.75, 3.05) is 0 Å². The van der Waals surface area contributed by atoms with Gasteiger partial charge in [-0.15, -0.1) is 0 Å². The van der Waals surface area contributed by atoms with Crippen LogP contribution in [-0.4, -0.2) is 18.9 Å². The highest BCUT2D eigenvalue weighted by Crippen LogP contribution is 2.11. The SMILES string of the molecule is CCCC(O)[Si](C)(C)C. The predicted octanol–water partition coefficient (Wildman–Crippen LogP) is 2.02. The van der Waals surface area contributed by atoms with E-state index in [1.807, 2.05) is 0 Å². The van der Waals surface area contributed by atoms with Gasteiger partial charge in [-0.05, 0) is 6.42 Å². The Kier molecular flexibility index (Phi) is 3.44. The van der Waals surface area contributed by atoms with Crippen LogP contribution in [-0.2, 0) is 0 Å². The number of aliphatic hydroxyl groups is 1. The van der Waals surface area contributed by atoms with Crippen molar-refractivity contribution >= 4 is 8.07 Å². The van der Waals surface area contributed by atoms with Gasteiger partial charge in [-0.1, -0.05) is 33.0 Å². The van der Waals surface area contributed by atoms with E-state index in [4.69, 9.17) is 0 Å². The van der Waals surface area contributed by atoms with Gasteiger partial charge in [0.25, 0.3) is 0 Å². The highest BCUT2D eigenvalue weighted by molar-refractivity contribution is 6.77. The minimum absolute atomic E-state index is 0.00231. The zero-order valence-electron chi connectivity index (χ0n) is 6.94. The molecule has 0 aromatic rings. The van der Waals surface area contributed by atoms with E-state index >= 15 is 0 Å². The van der Waals surface area contributed by atoms with Gasteiger partial charge in [0, 0.05) is 5.73 Å². The van der Waals surface area contributed by atoms with Crippen LogP contribution >= 0.6 is 0 Å². The standard InChI is InChI=1S/C7H18OSi/c1-5-6-7(8)9(2,3)4/h7-8H,5-6H2,1-4H3. The maximum atomic E-state index is 9.45. The Labute approximate surface area is 59.1 Å². The molecule has 0 amide bonds. The van der Waals surface area contributed by atoms with Gasteiger partial charge in [0.05, 0.1) is 8.07 Å². The van der Waals surface area contributed by atoms with Crippen molar-refractivity contribution in [3.05, 3.63) is 0 Å². The van der Waals surface area contributed by atoms with Gasteiger partial charge in [0.15, 0.2) is 0 Å². The largest absolute Gasteiger partial charge is 0.397 e. The Balaban J connectivity index is 3.59. The second kappa shape index (κ2) is 3.37. The minimum Gasteiger partial charge on any atom is -0.397 e. The van der Waals surface area contributed by atoms with Crippen LogP contribution in [0, 0.1) is 0 Å². The summed E-state index contributed by atoms with van der Waals surface area (Å²) in [6.45, 7) is 8.72. The van der Waals surface area contributed by atoms with Crippen molar-refractivity contribution in [3.63, 3.8) is 0 Å². The molecule has 0 radical (unpaired) electrons. The Bertz CT molecular complexity index is 75.5. The summed E-state index contributed by atoms with van der Waals surface area (Å²) in [6, 6.07) is 0. The molecule has 0 bridgehead atoms. The molecule has 0 saturated carbocycles. The van der Waals surface area contributed by atoms with Crippen molar-refractivity contribution in [3.8, 4) is 0 Å². The van der Waals surface area contributed by atoms with Crippen molar-refractivity contribution in [2.45, 2.75) is 45.1 Å². The zero-order chi connectivity index (χ0) is 7.49. The van der Waals surface area contributed by atoms with Crippen LogP contribution in [0.4, 0.5) is 0 Å². The average molecular weight is 146 g/mol. The maximum Gasteiger partial charge on any atom is 0.0781 e. The van der Waals surface area contributed by atoms with Crippen LogP contribution in [0.5, 0.6) is 0 Å². The summed E-state index contributed by atoms with van der Waals surface area (Å²) in [6.07, 6.45) is 2.08. The van der Waals surface area contributed by atoms with Gasteiger partial charge in [-0.25, -0.2) is 0 Å². The molecule has 0 aliphatic carbocycles. The van der Waals surface area contributed by atoms with Crippen molar-refractivity contribution in [2.24, 2.45) is 0 Å². The fourth-order valence-electron chi connectivity index (χ4n) is 0.706. The van der Waals surface area contributed by atoms with E-state index in [1.165, 1.54) is 0 Å². The first-order valence-corrected chi connectivity index (χ1v) is 7.24. The summed E-state index contributed by atoms with van der Waals surface area (Å²) in [5.41, 5.74) is 0.00231. The summed E-state index contributed by atoms with van der Waals surface area (Å²) in [4.78, 5) is 0. The number of hydrogen-bond acceptors (Lipinski definition) is 1. The molecular weight excluding hydrogens is 128 g/mol. The quantitative estimate of drug-likeness (QED) is 0.604. The Morgan fingerprint density at radius 1 is 1.33 bits per heavy atom. The Morgan fingerprint density at radius 2 is 1.78 bits per heavy atom. The molecule has 9 heavy (non-hydrogen) atoms. The maximum absolute atomic E-state index is 9.45. The first kappa shape index (κ1) is 9.18. The zero-order valence-corrected chi connectivity index (χ0v) is 7.94. The Morgan fingerprint density at radius 3 is 1.89 bits per heavy atom. The lowest BCUT2D eigenvalue weighted by molar-refractivity contribution is 0.232. The molecule has 0 aliphatic rings. The summed E-state index contributed by atoms with van der Waals surface area (Å²) in [5, 5.41) is 9.45. The molecule has 0 fully saturated rings. The van der Waals surface area contributed by atoms with E-state index in [0.29, 0.717) is 0 Å². The highest BCUT2D eigenvalue weighted by atomic mass is 28.3. The molecule has 0 aromatic carbocycles. The van der Waals surface area contributed by atoms with Gasteiger partial charge in [-0.2, -0.15) is 0 Å². The third-order valence-electron chi connectivity index (χ3n) is 1.56. The minimum atomic E-state index is -1.23. The van der Waals surface area contributed by atoms with E-state index in [-0.39, 0.29) is 5.73 Å². The molecule has 0 rings (SSSR count). The van der Waals surface area contributed by atoms with Crippen molar-refractivity contribution in [1.29, 1.82) is 0 Å². The van der Waals surface area contributed by atoms with Crippen molar-refractivity contribution < 1.29 is 5.11 Å². The van der Waals surface area contributed by atoms with Gasteiger partial charge in [0.2, 0.25) is 0 Å². The van der Waals surface area contributed by atoms with Gasteiger partial charge in [-0.3, -0.25) is 0 Å². The van der Waals surface area contributed by atoms with E-state index in [9.17, 15) is 5.11 Å². The van der Waals surface area contributed by atoms with Crippen LogP contribution in [0.1, 0.15) is 19.8 Å². The van der Waals surface area contributed by atoms with Gasteiger partial charge in [0.1, 0.15) is 0 Å². The lowest BCUT2D eigenvalue weighted by atomic mass is 10.4. The van der Waals surface area contributed by atoms with Gasteiger partial charge < -0.3 is 5.11 Å². The third kappa shape index (κ3) is 3.70. The second-order valence-electron chi connectivity index (χ2n) is 3.67. The predicted molar refractivity (Wildman–Crippen MR) is 44.3 cm³/mol. The molecule has 0 saturated heterocycles. The number of aliphatic hydroxyl groups excluding tert-OH is 1. The first-order valence-electron chi connectivity index (χ1n) is 3.66. The lowest BCUT2D eigenvalue weighted by Gasteiger charge is -2.22. The van der Waals surface area contributed by atoms with Crippen LogP contribution < -0.4 is 0 Å². The lowest BCUT2D eigenvalue weighted by Crippen LogP contribution is -2.37. The van der Waals surface area contributed by atoms with Gasteiger partial charge >= 0.3 is 0 Å². The monoisotopic (exact) mass is 146 g/mol. The van der Waals surface area contributed by atoms with Crippen LogP contribution in [0.2, 0.25) is 19.6 Å². The van der Waals surface area contributed by atoms with Crippen LogP contribution in [0.3, 0.4) is 0 Å². The molecule has 0 aromatic heterocycles. The molecule has 0 aliphatic heterocycles. The summed E-state index contributed by atoms with van der Waals surface area (Å²) < 4.78 is 0. The molecular formula is C7H18OSi. The van der Waals surface area contributed by atoms with E-state index in [2.05, 4.69) is 26.6 Å². The molecule has 0 spiro atoms. The van der Waals surface area contributed by atoms with E-state index < -0.39 is 8.07 Å². The summed E-state index contributed by atoms with van der Waals surface area (Å²) in [5.74, 6) is 0. The summed E-state index contributed by atoms with van der Waals surface area (Å²) in [7, 11) is -1.23. The smallest absolute Gasteiger partial charge is 0.0781 e. The number of rotatable bonds is 3. The normalized spacial score (nSPS) is 15.7. The van der Waals surface area contributed by atoms with E-state index in [1.54, 1.807) is 0 Å². The fourth-order valence-corrected chi connectivity index (χ4v) is 1.86. The molecule has 1 unspecified atom stereocenters. The first-order chi connectivity index (χ1) is 3.98. The van der Waals surface area contributed by atoms with Crippen LogP contribution in [0.15, 0.2) is 0 Å². The van der Waals surface area contributed by atoms with E-state index in [0.717, 1.165) is 12.8 Å². The number of hydrogen-bond donors (Lipinski definition) is 1. The molecule has 1 N–H and O–H groups in total. The fraction of sp³-hybridized carbons (Fsp3) is 1.00. The molecule has 2 heteroatoms. The molecule has 1 atom stereocenters. The second-order valence-corrected chi connectivity index (χ2v) is 9.07. The highest BCUT2D eigenvalue weighted by Gasteiger charge is 2.22. The Hall–Kier alpha value is 0.177. The molecule has 1 nitrogen and oxygen atoms in total. The summed E-state index contributed by atoms with van der Waals surface area (Å²) >= 11 is 0. The van der Waals surface area contributed by atoms with Crippen molar-refractivity contribution in [1.82, 2.24) is 0 Å². The molecule has 56 valence electrons. The molecule has 0 heterocycles. The third-order valence-corrected chi connectivity index (χ3v) is 3.85.